The molecule has 1 rings (SSSR count). The first kappa shape index (κ1) is 13.5. The number of rotatable bonds is 6. The maximum absolute atomic E-state index is 11.0. The Morgan fingerprint density at radius 3 is 2.94 bits per heavy atom. The number of esters is 1. The van der Waals surface area contributed by atoms with Gasteiger partial charge in [-0.1, -0.05) is 11.8 Å². The normalized spacial score (nSPS) is 10.0. The molecular formula is C9H14N4O3S. The van der Waals surface area contributed by atoms with E-state index in [1.165, 1.54) is 18.7 Å². The highest BCUT2D eigenvalue weighted by atomic mass is 32.2. The van der Waals surface area contributed by atoms with E-state index >= 15 is 0 Å². The Balaban J connectivity index is 2.30. The van der Waals surface area contributed by atoms with Crippen LogP contribution in [0.2, 0.25) is 0 Å². The second-order valence-corrected chi connectivity index (χ2v) is 4.11. The topological polar surface area (TPSA) is 97.0 Å². The summed E-state index contributed by atoms with van der Waals surface area (Å²) in [5.74, 6) is 0.383. The number of carbonyl (C=O) groups is 2. The smallest absolute Gasteiger partial charge is 0.306 e. The van der Waals surface area contributed by atoms with Gasteiger partial charge in [0.05, 0.1) is 13.0 Å². The standard InChI is InChI=1S/C9H14N4O3S/c1-3-16-7(15)4-5-17-9-11-8(12-13-9)10-6(2)14/h3-5H2,1-2H3,(H2,10,11,12,13,14). The molecule has 2 N–H and O–H groups in total. The largest absolute Gasteiger partial charge is 0.466 e. The van der Waals surface area contributed by atoms with Gasteiger partial charge in [-0.05, 0) is 6.92 Å². The Hall–Kier alpha value is -1.57. The molecule has 0 aliphatic rings. The van der Waals surface area contributed by atoms with E-state index < -0.39 is 0 Å². The Labute approximate surface area is 103 Å². The lowest BCUT2D eigenvalue weighted by molar-refractivity contribution is -0.142. The molecule has 17 heavy (non-hydrogen) atoms. The van der Waals surface area contributed by atoms with E-state index in [9.17, 15) is 9.59 Å². The number of thioether (sulfide) groups is 1. The lowest BCUT2D eigenvalue weighted by atomic mass is 10.5. The lowest BCUT2D eigenvalue weighted by Gasteiger charge is -1.99. The van der Waals surface area contributed by atoms with Gasteiger partial charge in [0.2, 0.25) is 17.0 Å². The predicted octanol–water partition coefficient (Wildman–Crippen LogP) is 0.808. The number of hydrogen-bond acceptors (Lipinski definition) is 6. The van der Waals surface area contributed by atoms with Crippen LogP contribution < -0.4 is 5.32 Å². The fourth-order valence-electron chi connectivity index (χ4n) is 0.992. The van der Waals surface area contributed by atoms with Gasteiger partial charge in [-0.15, -0.1) is 5.10 Å². The molecule has 8 heteroatoms. The molecule has 1 aromatic rings. The highest BCUT2D eigenvalue weighted by Crippen LogP contribution is 2.15. The summed E-state index contributed by atoms with van der Waals surface area (Å²) < 4.78 is 4.78. The molecule has 0 fully saturated rings. The van der Waals surface area contributed by atoms with E-state index in [1.807, 2.05) is 0 Å². The minimum atomic E-state index is -0.238. The lowest BCUT2D eigenvalue weighted by Crippen LogP contribution is -2.07. The van der Waals surface area contributed by atoms with E-state index in [1.54, 1.807) is 6.92 Å². The summed E-state index contributed by atoms with van der Waals surface area (Å²) in [7, 11) is 0. The van der Waals surface area contributed by atoms with Gasteiger partial charge in [0.15, 0.2) is 0 Å². The second-order valence-electron chi connectivity index (χ2n) is 3.05. The van der Waals surface area contributed by atoms with Gasteiger partial charge in [0.1, 0.15) is 0 Å². The van der Waals surface area contributed by atoms with Crippen molar-refractivity contribution in [2.45, 2.75) is 25.4 Å². The van der Waals surface area contributed by atoms with Crippen molar-refractivity contribution < 1.29 is 14.3 Å². The van der Waals surface area contributed by atoms with Gasteiger partial charge in [0, 0.05) is 12.7 Å². The molecule has 0 radical (unpaired) electrons. The summed E-state index contributed by atoms with van der Waals surface area (Å²) in [6.45, 7) is 3.53. The third kappa shape index (κ3) is 5.34. The molecule has 0 aromatic carbocycles. The predicted molar refractivity (Wildman–Crippen MR) is 62.7 cm³/mol. The first-order chi connectivity index (χ1) is 8.11. The maximum Gasteiger partial charge on any atom is 0.306 e. The summed E-state index contributed by atoms with van der Waals surface area (Å²) in [5.41, 5.74) is 0. The van der Waals surface area contributed by atoms with Crippen molar-refractivity contribution >= 4 is 29.6 Å². The molecule has 1 aromatic heterocycles. The average Bonchev–Trinajstić information content (AvgIpc) is 2.65. The molecule has 1 amide bonds. The van der Waals surface area contributed by atoms with Gasteiger partial charge in [-0.25, -0.2) is 5.10 Å². The fraction of sp³-hybridized carbons (Fsp3) is 0.556. The monoisotopic (exact) mass is 258 g/mol. The van der Waals surface area contributed by atoms with Crippen LogP contribution in [-0.4, -0.2) is 39.4 Å². The Morgan fingerprint density at radius 2 is 2.29 bits per heavy atom. The number of ether oxygens (including phenoxy) is 1. The van der Waals surface area contributed by atoms with Gasteiger partial charge >= 0.3 is 5.97 Å². The number of amides is 1. The highest BCUT2D eigenvalue weighted by Gasteiger charge is 2.07. The van der Waals surface area contributed by atoms with Gasteiger partial charge in [-0.2, -0.15) is 4.98 Å². The molecule has 0 aliphatic heterocycles. The minimum Gasteiger partial charge on any atom is -0.466 e. The van der Waals surface area contributed by atoms with Crippen molar-refractivity contribution in [1.29, 1.82) is 0 Å². The molecule has 0 spiro atoms. The molecular weight excluding hydrogens is 244 g/mol. The highest BCUT2D eigenvalue weighted by molar-refractivity contribution is 7.99. The molecule has 0 bridgehead atoms. The third-order valence-corrected chi connectivity index (χ3v) is 2.45. The summed E-state index contributed by atoms with van der Waals surface area (Å²) in [6, 6.07) is 0. The number of nitrogens with one attached hydrogen (secondary N) is 2. The maximum atomic E-state index is 11.0. The number of aromatic amines is 1. The Morgan fingerprint density at radius 1 is 1.53 bits per heavy atom. The fourth-order valence-corrected chi connectivity index (χ4v) is 1.71. The van der Waals surface area contributed by atoms with Crippen molar-refractivity contribution in [3.8, 4) is 0 Å². The Kier molecular flexibility index (Phi) is 5.47. The van der Waals surface area contributed by atoms with E-state index in [2.05, 4.69) is 20.5 Å². The van der Waals surface area contributed by atoms with Crippen molar-refractivity contribution in [3.63, 3.8) is 0 Å². The number of carbonyl (C=O) groups excluding carboxylic acids is 2. The van der Waals surface area contributed by atoms with Gasteiger partial charge < -0.3 is 4.74 Å². The van der Waals surface area contributed by atoms with Crippen LogP contribution in [0.15, 0.2) is 5.16 Å². The number of aromatic nitrogens is 3. The molecule has 0 saturated carbocycles. The van der Waals surface area contributed by atoms with Crippen LogP contribution in [0.5, 0.6) is 0 Å². The zero-order chi connectivity index (χ0) is 12.7. The molecule has 1 heterocycles. The minimum absolute atomic E-state index is 0.218. The van der Waals surface area contributed by atoms with E-state index in [0.717, 1.165) is 0 Å². The first-order valence-corrected chi connectivity index (χ1v) is 6.08. The van der Waals surface area contributed by atoms with E-state index in [-0.39, 0.29) is 11.9 Å². The zero-order valence-corrected chi connectivity index (χ0v) is 10.5. The average molecular weight is 258 g/mol. The molecule has 0 saturated heterocycles. The van der Waals surface area contributed by atoms with E-state index in [0.29, 0.717) is 29.9 Å². The number of anilines is 1. The van der Waals surface area contributed by atoms with Crippen molar-refractivity contribution in [2.75, 3.05) is 17.7 Å². The SMILES string of the molecule is CCOC(=O)CCSc1n[nH]c(NC(C)=O)n1. The Bertz CT molecular complexity index is 393. The number of hydrogen-bond donors (Lipinski definition) is 2. The zero-order valence-electron chi connectivity index (χ0n) is 9.65. The van der Waals surface area contributed by atoms with Crippen LogP contribution in [0.4, 0.5) is 5.95 Å². The quantitative estimate of drug-likeness (QED) is 0.579. The number of nitrogens with zero attached hydrogens (tertiary/aromatic N) is 2. The van der Waals surface area contributed by atoms with Crippen LogP contribution in [0.1, 0.15) is 20.3 Å². The van der Waals surface area contributed by atoms with Crippen LogP contribution in [0.3, 0.4) is 0 Å². The van der Waals surface area contributed by atoms with Crippen LogP contribution >= 0.6 is 11.8 Å². The summed E-state index contributed by atoms with van der Waals surface area (Å²) in [5, 5.41) is 9.40. The van der Waals surface area contributed by atoms with E-state index in [4.69, 9.17) is 4.74 Å². The van der Waals surface area contributed by atoms with Crippen molar-refractivity contribution in [3.05, 3.63) is 0 Å². The van der Waals surface area contributed by atoms with Gasteiger partial charge in [-0.3, -0.25) is 14.9 Å². The van der Waals surface area contributed by atoms with Gasteiger partial charge in [0.25, 0.3) is 0 Å². The molecule has 94 valence electrons. The molecule has 0 unspecified atom stereocenters. The van der Waals surface area contributed by atoms with Crippen molar-refractivity contribution in [2.24, 2.45) is 0 Å². The second kappa shape index (κ2) is 6.89. The summed E-state index contributed by atoms with van der Waals surface area (Å²) >= 11 is 1.32. The summed E-state index contributed by atoms with van der Waals surface area (Å²) in [6.07, 6.45) is 0.308. The van der Waals surface area contributed by atoms with Crippen LogP contribution in [0.25, 0.3) is 0 Å². The summed E-state index contributed by atoms with van der Waals surface area (Å²) in [4.78, 5) is 25.8. The van der Waals surface area contributed by atoms with Crippen molar-refractivity contribution in [1.82, 2.24) is 15.2 Å². The van der Waals surface area contributed by atoms with Crippen LogP contribution in [0, 0.1) is 0 Å². The number of H-pyrrole nitrogens is 1. The molecule has 0 atom stereocenters. The molecule has 0 aliphatic carbocycles. The third-order valence-electron chi connectivity index (χ3n) is 1.60. The van der Waals surface area contributed by atoms with Crippen LogP contribution in [-0.2, 0) is 14.3 Å². The molecule has 7 nitrogen and oxygen atoms in total. The first-order valence-electron chi connectivity index (χ1n) is 5.10.